The molecular formula is C8H12N2O2. The van der Waals surface area contributed by atoms with Gasteiger partial charge in [-0.1, -0.05) is 0 Å². The van der Waals surface area contributed by atoms with Gasteiger partial charge >= 0.3 is 0 Å². The van der Waals surface area contributed by atoms with E-state index in [0.717, 1.165) is 0 Å². The largest absolute Gasteiger partial charge is 0.396 e. The Morgan fingerprint density at radius 1 is 1.58 bits per heavy atom. The van der Waals surface area contributed by atoms with Gasteiger partial charge in [0.1, 0.15) is 5.82 Å². The molecule has 0 aliphatic carbocycles. The molecule has 0 amide bonds. The molecule has 4 heteroatoms. The highest BCUT2D eigenvalue weighted by Crippen LogP contribution is 2.12. The fourth-order valence-electron chi connectivity index (χ4n) is 0.930. The van der Waals surface area contributed by atoms with Gasteiger partial charge in [0, 0.05) is 19.2 Å². The summed E-state index contributed by atoms with van der Waals surface area (Å²) >= 11 is 0. The summed E-state index contributed by atoms with van der Waals surface area (Å²) in [5.74, 6) is 0.629. The summed E-state index contributed by atoms with van der Waals surface area (Å²) in [5, 5.41) is 18.0. The van der Waals surface area contributed by atoms with Crippen molar-refractivity contribution in [2.45, 2.75) is 19.4 Å². The van der Waals surface area contributed by atoms with Crippen LogP contribution in [0, 0.1) is 6.92 Å². The number of aromatic nitrogens is 2. The molecule has 1 rings (SSSR count). The maximum absolute atomic E-state index is 9.39. The van der Waals surface area contributed by atoms with E-state index in [1.807, 2.05) is 0 Å². The molecule has 1 aromatic heterocycles. The quantitative estimate of drug-likeness (QED) is 0.676. The van der Waals surface area contributed by atoms with Crippen molar-refractivity contribution in [3.63, 3.8) is 0 Å². The van der Waals surface area contributed by atoms with Gasteiger partial charge in [0.2, 0.25) is 0 Å². The first-order chi connectivity index (χ1) is 5.74. The Balaban J connectivity index is 2.73. The molecule has 0 bridgehead atoms. The molecule has 12 heavy (non-hydrogen) atoms. The van der Waals surface area contributed by atoms with Gasteiger partial charge < -0.3 is 10.2 Å². The molecule has 0 aliphatic heterocycles. The van der Waals surface area contributed by atoms with E-state index in [1.54, 1.807) is 19.2 Å². The Morgan fingerprint density at radius 3 is 2.92 bits per heavy atom. The Labute approximate surface area is 70.9 Å². The van der Waals surface area contributed by atoms with Crippen LogP contribution in [0.2, 0.25) is 0 Å². The van der Waals surface area contributed by atoms with Gasteiger partial charge in [0.15, 0.2) is 0 Å². The van der Waals surface area contributed by atoms with E-state index in [1.165, 1.54) is 0 Å². The molecule has 4 nitrogen and oxygen atoms in total. The Kier molecular flexibility index (Phi) is 3.13. The number of aryl methyl sites for hydroxylation is 1. The zero-order valence-corrected chi connectivity index (χ0v) is 6.94. The average molecular weight is 168 g/mol. The average Bonchev–Trinajstić information content (AvgIpc) is 2.05. The number of hydrogen-bond acceptors (Lipinski definition) is 4. The second-order valence-corrected chi connectivity index (χ2v) is 2.56. The molecule has 0 aromatic carbocycles. The van der Waals surface area contributed by atoms with Crippen LogP contribution in [0.25, 0.3) is 0 Å². The van der Waals surface area contributed by atoms with E-state index in [2.05, 4.69) is 9.97 Å². The highest BCUT2D eigenvalue weighted by atomic mass is 16.3. The number of rotatable bonds is 3. The van der Waals surface area contributed by atoms with Crippen molar-refractivity contribution in [2.24, 2.45) is 0 Å². The van der Waals surface area contributed by atoms with Crippen LogP contribution in [-0.2, 0) is 0 Å². The second-order valence-electron chi connectivity index (χ2n) is 2.56. The van der Waals surface area contributed by atoms with Crippen molar-refractivity contribution in [2.75, 3.05) is 6.61 Å². The first-order valence-corrected chi connectivity index (χ1v) is 3.82. The lowest BCUT2D eigenvalue weighted by molar-refractivity contribution is 0.130. The first-order valence-electron chi connectivity index (χ1n) is 3.82. The highest BCUT2D eigenvalue weighted by molar-refractivity contribution is 5.04. The van der Waals surface area contributed by atoms with Crippen molar-refractivity contribution >= 4 is 0 Å². The predicted octanol–water partition coefficient (Wildman–Crippen LogP) is 0.201. The molecule has 0 saturated carbocycles. The Hall–Kier alpha value is -1.00. The summed E-state index contributed by atoms with van der Waals surface area (Å²) in [7, 11) is 0. The number of hydrogen-bond donors (Lipinski definition) is 2. The SMILES string of the molecule is Cc1nccc(C(O)CCO)n1. The van der Waals surface area contributed by atoms with E-state index in [0.29, 0.717) is 17.9 Å². The molecule has 66 valence electrons. The second kappa shape index (κ2) is 4.13. The van der Waals surface area contributed by atoms with Crippen LogP contribution in [0.15, 0.2) is 12.3 Å². The van der Waals surface area contributed by atoms with Crippen LogP contribution in [0.5, 0.6) is 0 Å². The number of aliphatic hydroxyl groups is 2. The molecule has 0 spiro atoms. The fraction of sp³-hybridized carbons (Fsp3) is 0.500. The first kappa shape index (κ1) is 9.09. The minimum absolute atomic E-state index is 0.0375. The lowest BCUT2D eigenvalue weighted by atomic mass is 10.2. The Morgan fingerprint density at radius 2 is 2.33 bits per heavy atom. The standard InChI is InChI=1S/C8H12N2O2/c1-6-9-4-2-7(10-6)8(12)3-5-11/h2,4,8,11-12H,3,5H2,1H3. The lowest BCUT2D eigenvalue weighted by Crippen LogP contribution is -2.04. The van der Waals surface area contributed by atoms with Gasteiger partial charge in [-0.15, -0.1) is 0 Å². The zero-order valence-electron chi connectivity index (χ0n) is 6.94. The monoisotopic (exact) mass is 168 g/mol. The molecule has 1 heterocycles. The van der Waals surface area contributed by atoms with Gasteiger partial charge in [-0.2, -0.15) is 0 Å². The van der Waals surface area contributed by atoms with Crippen molar-refractivity contribution in [3.8, 4) is 0 Å². The Bertz CT molecular complexity index is 253. The summed E-state index contributed by atoms with van der Waals surface area (Å²) < 4.78 is 0. The van der Waals surface area contributed by atoms with E-state index in [9.17, 15) is 5.11 Å². The number of nitrogens with zero attached hydrogens (tertiary/aromatic N) is 2. The van der Waals surface area contributed by atoms with Gasteiger partial charge in [-0.05, 0) is 13.0 Å². The summed E-state index contributed by atoms with van der Waals surface area (Å²) in [6.07, 6.45) is 1.23. The van der Waals surface area contributed by atoms with E-state index in [-0.39, 0.29) is 6.61 Å². The van der Waals surface area contributed by atoms with E-state index >= 15 is 0 Å². The molecular weight excluding hydrogens is 156 g/mol. The topological polar surface area (TPSA) is 66.2 Å². The van der Waals surface area contributed by atoms with Crippen LogP contribution in [-0.4, -0.2) is 26.8 Å². The van der Waals surface area contributed by atoms with Crippen molar-refractivity contribution in [1.82, 2.24) is 9.97 Å². The van der Waals surface area contributed by atoms with Crippen LogP contribution in [0.3, 0.4) is 0 Å². The van der Waals surface area contributed by atoms with Crippen molar-refractivity contribution < 1.29 is 10.2 Å². The van der Waals surface area contributed by atoms with Crippen LogP contribution >= 0.6 is 0 Å². The molecule has 1 unspecified atom stereocenters. The van der Waals surface area contributed by atoms with E-state index in [4.69, 9.17) is 5.11 Å². The van der Waals surface area contributed by atoms with Gasteiger partial charge in [-0.3, -0.25) is 0 Å². The molecule has 0 fully saturated rings. The fourth-order valence-corrected chi connectivity index (χ4v) is 0.930. The normalized spacial score (nSPS) is 12.9. The predicted molar refractivity (Wildman–Crippen MR) is 43.4 cm³/mol. The molecule has 2 N–H and O–H groups in total. The smallest absolute Gasteiger partial charge is 0.125 e. The summed E-state index contributed by atoms with van der Waals surface area (Å²) in [6, 6.07) is 1.65. The third kappa shape index (κ3) is 2.25. The van der Waals surface area contributed by atoms with E-state index < -0.39 is 6.10 Å². The van der Waals surface area contributed by atoms with Crippen LogP contribution < -0.4 is 0 Å². The number of aliphatic hydroxyl groups excluding tert-OH is 2. The van der Waals surface area contributed by atoms with Gasteiger partial charge in [-0.25, -0.2) is 9.97 Å². The summed E-state index contributed by atoms with van der Waals surface area (Å²) in [6.45, 7) is 1.72. The van der Waals surface area contributed by atoms with Crippen molar-refractivity contribution in [1.29, 1.82) is 0 Å². The van der Waals surface area contributed by atoms with Crippen LogP contribution in [0.4, 0.5) is 0 Å². The third-order valence-corrected chi connectivity index (χ3v) is 1.54. The highest BCUT2D eigenvalue weighted by Gasteiger charge is 2.07. The summed E-state index contributed by atoms with van der Waals surface area (Å²) in [4.78, 5) is 7.92. The maximum atomic E-state index is 9.39. The molecule has 1 aromatic rings. The minimum atomic E-state index is -0.684. The maximum Gasteiger partial charge on any atom is 0.125 e. The molecule has 0 aliphatic rings. The van der Waals surface area contributed by atoms with Crippen molar-refractivity contribution in [3.05, 3.63) is 23.8 Å². The minimum Gasteiger partial charge on any atom is -0.396 e. The summed E-state index contributed by atoms with van der Waals surface area (Å²) in [5.41, 5.74) is 0.566. The third-order valence-electron chi connectivity index (χ3n) is 1.54. The van der Waals surface area contributed by atoms with Gasteiger partial charge in [0.05, 0.1) is 11.8 Å². The lowest BCUT2D eigenvalue weighted by Gasteiger charge is -2.07. The zero-order chi connectivity index (χ0) is 8.97. The van der Waals surface area contributed by atoms with Gasteiger partial charge in [0.25, 0.3) is 0 Å². The molecule has 0 saturated heterocycles. The van der Waals surface area contributed by atoms with Crippen LogP contribution in [0.1, 0.15) is 24.0 Å². The molecule has 0 radical (unpaired) electrons. The molecule has 1 atom stereocenters.